The molecule has 1 aliphatic carbocycles. The predicted molar refractivity (Wildman–Crippen MR) is 113 cm³/mol. The second kappa shape index (κ2) is 18.3. The molecule has 0 N–H and O–H groups in total. The van der Waals surface area contributed by atoms with Crippen LogP contribution >= 0.6 is 0 Å². The average Bonchev–Trinajstić information content (AvgIpc) is 2.62. The predicted octanol–water partition coefficient (Wildman–Crippen LogP) is 7.76. The summed E-state index contributed by atoms with van der Waals surface area (Å²) in [5.74, 6) is 0. The molecule has 133 valence electrons. The molecule has 0 bridgehead atoms. The Hall–Kier alpha value is -2.08. The van der Waals surface area contributed by atoms with Crippen molar-refractivity contribution in [3.8, 4) is 0 Å². The monoisotopic (exact) mass is 333 g/mol. The topological polar surface area (TPSA) is 0 Å². The first-order valence-electron chi connectivity index (χ1n) is 9.72. The van der Waals surface area contributed by atoms with Crippen molar-refractivity contribution >= 4 is 0 Å². The lowest BCUT2D eigenvalue weighted by Crippen LogP contribution is -1.80. The van der Waals surface area contributed by atoms with E-state index in [0.717, 1.165) is 6.42 Å². The van der Waals surface area contributed by atoms with E-state index < -0.39 is 0 Å². The average molecular weight is 334 g/mol. The minimum Gasteiger partial charge on any atom is -0.0845 e. The molecule has 25 heavy (non-hydrogen) atoms. The maximum Gasteiger partial charge on any atom is -0.0276 e. The standard InChI is InChI=1S/C25H33/c1-2-4-6-8-10-12-14-16-18-20-22-24-25-23-21-19-17-15-13-11-9-7-5-3-1/h1-15H,16,18-25H2/b2-1+,5-3-,6-4-,9-7-,10-8+,13-11+,14-12+,17-15?. The van der Waals surface area contributed by atoms with Crippen molar-refractivity contribution in [3.05, 3.63) is 97.2 Å². The molecule has 1 aliphatic rings. The molecule has 0 heterocycles. The van der Waals surface area contributed by atoms with E-state index in [1.807, 2.05) is 60.8 Å². The zero-order valence-electron chi connectivity index (χ0n) is 15.5. The van der Waals surface area contributed by atoms with Crippen LogP contribution in [0.1, 0.15) is 57.8 Å². The molecule has 1 rings (SSSR count). The minimum absolute atomic E-state index is 1.07. The molecule has 0 unspecified atom stereocenters. The fourth-order valence-corrected chi connectivity index (χ4v) is 2.46. The summed E-state index contributed by atoms with van der Waals surface area (Å²) in [6.45, 7) is 0. The number of allylic oxidation sites excluding steroid dienone is 16. The van der Waals surface area contributed by atoms with E-state index in [2.05, 4.69) is 36.5 Å². The molecule has 0 aliphatic heterocycles. The Balaban J connectivity index is 2.40. The van der Waals surface area contributed by atoms with E-state index >= 15 is 0 Å². The van der Waals surface area contributed by atoms with Gasteiger partial charge in [-0.05, 0) is 31.8 Å². The lowest BCUT2D eigenvalue weighted by molar-refractivity contribution is 0.582. The highest BCUT2D eigenvalue weighted by Crippen LogP contribution is 2.10. The van der Waals surface area contributed by atoms with Crippen molar-refractivity contribution < 1.29 is 0 Å². The lowest BCUT2D eigenvalue weighted by atomic mass is 10.1. The van der Waals surface area contributed by atoms with Gasteiger partial charge in [-0.25, -0.2) is 0 Å². The van der Waals surface area contributed by atoms with Crippen LogP contribution in [0.2, 0.25) is 0 Å². The van der Waals surface area contributed by atoms with E-state index in [1.54, 1.807) is 0 Å². The highest BCUT2D eigenvalue weighted by Gasteiger charge is 1.90. The summed E-state index contributed by atoms with van der Waals surface area (Å²) < 4.78 is 0. The second-order valence-corrected chi connectivity index (χ2v) is 6.12. The quantitative estimate of drug-likeness (QED) is 0.425. The smallest absolute Gasteiger partial charge is 0.0276 e. The van der Waals surface area contributed by atoms with Crippen LogP contribution in [-0.4, -0.2) is 0 Å². The molecule has 0 aromatic heterocycles. The lowest BCUT2D eigenvalue weighted by Gasteiger charge is -1.99. The summed E-state index contributed by atoms with van der Waals surface area (Å²) in [5, 5.41) is 0. The Bertz CT molecular complexity index is 470. The van der Waals surface area contributed by atoms with Crippen molar-refractivity contribution in [1.29, 1.82) is 0 Å². The Morgan fingerprint density at radius 3 is 1.44 bits per heavy atom. The summed E-state index contributed by atoms with van der Waals surface area (Å²) >= 11 is 0. The van der Waals surface area contributed by atoms with Crippen molar-refractivity contribution in [2.24, 2.45) is 0 Å². The van der Waals surface area contributed by atoms with Crippen LogP contribution in [0.3, 0.4) is 0 Å². The molecule has 0 saturated carbocycles. The van der Waals surface area contributed by atoms with E-state index in [9.17, 15) is 0 Å². The molecule has 0 heteroatoms. The number of hydrogen-bond acceptors (Lipinski definition) is 0. The maximum atomic E-state index is 3.35. The Labute approximate surface area is 155 Å². The summed E-state index contributed by atoms with van der Waals surface area (Å²) in [6.07, 6.45) is 46.0. The summed E-state index contributed by atoms with van der Waals surface area (Å²) in [4.78, 5) is 0. The maximum absolute atomic E-state index is 3.35. The minimum atomic E-state index is 1.07. The van der Waals surface area contributed by atoms with Gasteiger partial charge in [0.15, 0.2) is 0 Å². The van der Waals surface area contributed by atoms with Gasteiger partial charge in [0.2, 0.25) is 0 Å². The van der Waals surface area contributed by atoms with Crippen LogP contribution in [0.25, 0.3) is 0 Å². The molecule has 0 aromatic rings. The van der Waals surface area contributed by atoms with Crippen LogP contribution in [0.15, 0.2) is 91.1 Å². The van der Waals surface area contributed by atoms with Gasteiger partial charge in [0, 0.05) is 0 Å². The largest absolute Gasteiger partial charge is 0.0845 e. The highest BCUT2D eigenvalue weighted by molar-refractivity contribution is 5.21. The first kappa shape index (κ1) is 21.0. The van der Waals surface area contributed by atoms with Gasteiger partial charge in [-0.3, -0.25) is 0 Å². The first-order valence-corrected chi connectivity index (χ1v) is 9.72. The number of hydrogen-bond donors (Lipinski definition) is 0. The van der Waals surface area contributed by atoms with Crippen LogP contribution in [0.4, 0.5) is 0 Å². The summed E-state index contributed by atoms with van der Waals surface area (Å²) in [5.41, 5.74) is 0. The second-order valence-electron chi connectivity index (χ2n) is 6.12. The van der Waals surface area contributed by atoms with Gasteiger partial charge in [-0.2, -0.15) is 0 Å². The highest BCUT2D eigenvalue weighted by atomic mass is 14.0. The van der Waals surface area contributed by atoms with E-state index in [4.69, 9.17) is 0 Å². The normalized spacial score (nSPS) is 29.1. The molecule has 0 aromatic carbocycles. The first-order chi connectivity index (χ1) is 12.5. The van der Waals surface area contributed by atoms with E-state index in [0.29, 0.717) is 0 Å². The van der Waals surface area contributed by atoms with Crippen LogP contribution < -0.4 is 0 Å². The molecule has 0 amide bonds. The van der Waals surface area contributed by atoms with E-state index in [-0.39, 0.29) is 0 Å². The molecule has 1 radical (unpaired) electrons. The van der Waals surface area contributed by atoms with Crippen LogP contribution in [-0.2, 0) is 0 Å². The fraction of sp³-hybridized carbons (Fsp3) is 0.360. The molecule has 0 spiro atoms. The Morgan fingerprint density at radius 1 is 0.400 bits per heavy atom. The van der Waals surface area contributed by atoms with Crippen LogP contribution in [0, 0.1) is 6.08 Å². The van der Waals surface area contributed by atoms with E-state index in [1.165, 1.54) is 51.4 Å². The molecular weight excluding hydrogens is 300 g/mol. The molecule has 0 saturated heterocycles. The van der Waals surface area contributed by atoms with Crippen molar-refractivity contribution in [2.75, 3.05) is 0 Å². The van der Waals surface area contributed by atoms with Gasteiger partial charge >= 0.3 is 0 Å². The summed E-state index contributed by atoms with van der Waals surface area (Å²) in [6, 6.07) is 0. The van der Waals surface area contributed by atoms with Gasteiger partial charge in [0.1, 0.15) is 0 Å². The van der Waals surface area contributed by atoms with Crippen LogP contribution in [0.5, 0.6) is 0 Å². The summed E-state index contributed by atoms with van der Waals surface area (Å²) in [7, 11) is 0. The van der Waals surface area contributed by atoms with Crippen molar-refractivity contribution in [2.45, 2.75) is 57.8 Å². The SMILES string of the molecule is [C]1=C/C=C/C=C\C=C/C=C/C=C\C=C\C=C\CCCCCCCCC/1. The molecule has 0 atom stereocenters. The Morgan fingerprint density at radius 2 is 0.840 bits per heavy atom. The third-order valence-corrected chi connectivity index (χ3v) is 3.88. The number of rotatable bonds is 0. The Kier molecular flexibility index (Phi) is 15.3. The third kappa shape index (κ3) is 16.6. The fourth-order valence-electron chi connectivity index (χ4n) is 2.46. The van der Waals surface area contributed by atoms with Gasteiger partial charge in [-0.1, -0.05) is 123 Å². The van der Waals surface area contributed by atoms with Gasteiger partial charge in [-0.15, -0.1) is 0 Å². The molecular formula is C25H33. The third-order valence-electron chi connectivity index (χ3n) is 3.88. The zero-order valence-corrected chi connectivity index (χ0v) is 15.5. The molecule has 0 fully saturated rings. The molecule has 0 nitrogen and oxygen atoms in total. The zero-order chi connectivity index (χ0) is 17.7. The van der Waals surface area contributed by atoms with Crippen molar-refractivity contribution in [3.63, 3.8) is 0 Å². The van der Waals surface area contributed by atoms with Gasteiger partial charge < -0.3 is 0 Å². The van der Waals surface area contributed by atoms with Gasteiger partial charge in [0.05, 0.1) is 0 Å². The van der Waals surface area contributed by atoms with Gasteiger partial charge in [0.25, 0.3) is 0 Å². The van der Waals surface area contributed by atoms with Crippen molar-refractivity contribution in [1.82, 2.24) is 0 Å².